The molecule has 2 heterocycles. The lowest BCUT2D eigenvalue weighted by atomic mass is 10.1. The summed E-state index contributed by atoms with van der Waals surface area (Å²) in [7, 11) is 5.32. The van der Waals surface area contributed by atoms with Gasteiger partial charge in [0.15, 0.2) is 0 Å². The molecule has 0 atom stereocenters. The smallest absolute Gasteiger partial charge is 0.419 e. The minimum atomic E-state index is -4.78. The molecular formula is C29H31F4N7O2. The van der Waals surface area contributed by atoms with Crippen molar-refractivity contribution in [3.8, 4) is 17.0 Å². The van der Waals surface area contributed by atoms with Gasteiger partial charge in [0.1, 0.15) is 17.1 Å². The fourth-order valence-electron chi connectivity index (χ4n) is 4.47. The van der Waals surface area contributed by atoms with Crippen molar-refractivity contribution in [1.29, 1.82) is 0 Å². The van der Waals surface area contributed by atoms with Gasteiger partial charge in [-0.25, -0.2) is 14.4 Å². The number of nitrogens with one attached hydrogen (secondary N) is 3. The van der Waals surface area contributed by atoms with E-state index >= 15 is 0 Å². The van der Waals surface area contributed by atoms with Crippen LogP contribution in [0.1, 0.15) is 12.5 Å². The normalized spacial score (nSPS) is 11.4. The molecule has 42 heavy (non-hydrogen) atoms. The van der Waals surface area contributed by atoms with Crippen LogP contribution in [-0.2, 0) is 18.0 Å². The second kappa shape index (κ2) is 12.5. The van der Waals surface area contributed by atoms with E-state index < -0.39 is 29.2 Å². The third kappa shape index (κ3) is 6.46. The van der Waals surface area contributed by atoms with Gasteiger partial charge in [-0.2, -0.15) is 13.2 Å². The number of alkyl halides is 3. The molecule has 0 bridgehead atoms. The minimum Gasteiger partial charge on any atom is -0.492 e. The van der Waals surface area contributed by atoms with Gasteiger partial charge in [0.25, 0.3) is 0 Å². The maximum atomic E-state index is 14.1. The summed E-state index contributed by atoms with van der Waals surface area (Å²) in [5.74, 6) is -0.849. The highest BCUT2D eigenvalue weighted by Gasteiger charge is 2.36. The summed E-state index contributed by atoms with van der Waals surface area (Å²) in [5.41, 5.74) is 0.481. The first-order valence-electron chi connectivity index (χ1n) is 13.0. The van der Waals surface area contributed by atoms with Crippen molar-refractivity contribution in [3.63, 3.8) is 0 Å². The summed E-state index contributed by atoms with van der Waals surface area (Å²) < 4.78 is 63.9. The van der Waals surface area contributed by atoms with Crippen molar-refractivity contribution in [3.05, 3.63) is 66.8 Å². The molecule has 0 radical (unpaired) electrons. The lowest BCUT2D eigenvalue weighted by Crippen LogP contribution is -2.28. The predicted octanol–water partition coefficient (Wildman–Crippen LogP) is 5.72. The number of hydrogen-bond acceptors (Lipinski definition) is 7. The monoisotopic (exact) mass is 585 g/mol. The topological polar surface area (TPSA) is 96.3 Å². The Morgan fingerprint density at radius 1 is 1.21 bits per heavy atom. The van der Waals surface area contributed by atoms with Gasteiger partial charge in [0, 0.05) is 62.1 Å². The molecule has 9 nitrogen and oxygen atoms in total. The molecule has 0 saturated carbocycles. The van der Waals surface area contributed by atoms with Crippen molar-refractivity contribution in [2.45, 2.75) is 13.1 Å². The van der Waals surface area contributed by atoms with Crippen LogP contribution in [0.25, 0.3) is 22.2 Å². The zero-order chi connectivity index (χ0) is 30.6. The number of ether oxygens (including phenoxy) is 1. The quantitative estimate of drug-likeness (QED) is 0.153. The molecule has 0 aliphatic heterocycles. The molecule has 0 fully saturated rings. The molecule has 222 valence electrons. The molecule has 4 aromatic rings. The second-order valence-corrected chi connectivity index (χ2v) is 9.41. The first-order chi connectivity index (χ1) is 20.0. The third-order valence-electron chi connectivity index (χ3n) is 6.50. The molecule has 0 spiro atoms. The number of aromatic nitrogens is 3. The molecule has 0 unspecified atom stereocenters. The third-order valence-corrected chi connectivity index (χ3v) is 6.50. The maximum absolute atomic E-state index is 14.1. The summed E-state index contributed by atoms with van der Waals surface area (Å²) >= 11 is 0. The van der Waals surface area contributed by atoms with Crippen LogP contribution in [0, 0.1) is 5.82 Å². The molecule has 0 aliphatic carbocycles. The Kier molecular flexibility index (Phi) is 9.00. The van der Waals surface area contributed by atoms with E-state index in [2.05, 4.69) is 32.5 Å². The maximum Gasteiger partial charge on any atom is 0.419 e. The van der Waals surface area contributed by atoms with Crippen LogP contribution in [-0.4, -0.2) is 54.2 Å². The van der Waals surface area contributed by atoms with E-state index in [1.165, 1.54) is 24.4 Å². The first-order valence-corrected chi connectivity index (χ1v) is 13.0. The molecule has 2 aromatic heterocycles. The summed E-state index contributed by atoms with van der Waals surface area (Å²) in [6.07, 6.45) is -1.50. The second-order valence-electron chi connectivity index (χ2n) is 9.41. The average Bonchev–Trinajstić information content (AvgIpc) is 3.27. The highest BCUT2D eigenvalue weighted by Crippen LogP contribution is 2.41. The standard InChI is InChI=1S/C29H31F4N7O2/c1-6-26(41)36-21-13-22(25(42-7-2)14-24(21)39(4)11-10-34-3)37-28-35-15-20(29(31,32)33)27(38-28)19-16-40(5)23-9-8-17(30)12-18(19)23/h6,8-9,12-16,34H,1,7,10-11H2,2-5H3,(H,36,41)(H,35,37,38). The number of fused-ring (bicyclic) bond motifs is 1. The van der Waals surface area contributed by atoms with Crippen LogP contribution >= 0.6 is 0 Å². The van der Waals surface area contributed by atoms with Gasteiger partial charge in [-0.3, -0.25) is 4.79 Å². The number of aryl methyl sites for hydroxylation is 1. The summed E-state index contributed by atoms with van der Waals surface area (Å²) in [4.78, 5) is 22.3. The van der Waals surface area contributed by atoms with Gasteiger partial charge in [-0.15, -0.1) is 0 Å². The van der Waals surface area contributed by atoms with Crippen molar-refractivity contribution < 1.29 is 27.1 Å². The number of amides is 1. The van der Waals surface area contributed by atoms with E-state index in [0.29, 0.717) is 47.6 Å². The number of carbonyl (C=O) groups is 1. The van der Waals surface area contributed by atoms with Gasteiger partial charge in [-0.1, -0.05) is 6.58 Å². The van der Waals surface area contributed by atoms with Gasteiger partial charge in [0.05, 0.1) is 29.4 Å². The zero-order valence-electron chi connectivity index (χ0n) is 23.6. The highest BCUT2D eigenvalue weighted by molar-refractivity contribution is 6.02. The van der Waals surface area contributed by atoms with Crippen LogP contribution in [0.5, 0.6) is 5.75 Å². The Labute approximate surface area is 240 Å². The lowest BCUT2D eigenvalue weighted by Gasteiger charge is -2.25. The molecule has 2 aromatic carbocycles. The van der Waals surface area contributed by atoms with E-state index in [0.717, 1.165) is 6.08 Å². The van der Waals surface area contributed by atoms with E-state index in [9.17, 15) is 22.4 Å². The number of nitrogens with zero attached hydrogens (tertiary/aromatic N) is 4. The molecule has 4 rings (SSSR count). The largest absolute Gasteiger partial charge is 0.492 e. The average molecular weight is 586 g/mol. The fraction of sp³-hybridized carbons (Fsp3) is 0.276. The van der Waals surface area contributed by atoms with E-state index in [4.69, 9.17) is 4.74 Å². The SMILES string of the molecule is C=CC(=O)Nc1cc(Nc2ncc(C(F)(F)F)c(-c3cn(C)c4ccc(F)cc34)n2)c(OCC)cc1N(C)CCNC. The summed E-state index contributed by atoms with van der Waals surface area (Å²) in [5, 5.41) is 9.05. The first kappa shape index (κ1) is 30.3. The van der Waals surface area contributed by atoms with E-state index in [1.807, 2.05) is 19.0 Å². The van der Waals surface area contributed by atoms with E-state index in [-0.39, 0.29) is 23.5 Å². The van der Waals surface area contributed by atoms with Gasteiger partial charge in [0.2, 0.25) is 11.9 Å². The Morgan fingerprint density at radius 3 is 2.64 bits per heavy atom. The van der Waals surface area contributed by atoms with Crippen LogP contribution in [0.4, 0.5) is 40.6 Å². The lowest BCUT2D eigenvalue weighted by molar-refractivity contribution is -0.137. The summed E-state index contributed by atoms with van der Waals surface area (Å²) in [6.45, 7) is 6.83. The number of hydrogen-bond donors (Lipinski definition) is 3. The molecule has 13 heteroatoms. The van der Waals surface area contributed by atoms with Crippen LogP contribution < -0.4 is 25.6 Å². The van der Waals surface area contributed by atoms with E-state index in [1.54, 1.807) is 30.7 Å². The molecule has 0 aliphatic rings. The Morgan fingerprint density at radius 2 is 1.98 bits per heavy atom. The predicted molar refractivity (Wildman–Crippen MR) is 156 cm³/mol. The van der Waals surface area contributed by atoms with Crippen molar-refractivity contribution in [1.82, 2.24) is 19.9 Å². The van der Waals surface area contributed by atoms with Crippen LogP contribution in [0.3, 0.4) is 0 Å². The Balaban J connectivity index is 1.86. The van der Waals surface area contributed by atoms with Crippen molar-refractivity contribution in [2.75, 3.05) is 49.3 Å². The number of anilines is 4. The van der Waals surface area contributed by atoms with Gasteiger partial charge in [-0.05, 0) is 44.3 Å². The van der Waals surface area contributed by atoms with Crippen LogP contribution in [0.15, 0.2) is 55.4 Å². The zero-order valence-corrected chi connectivity index (χ0v) is 23.6. The van der Waals surface area contributed by atoms with Crippen molar-refractivity contribution in [2.24, 2.45) is 7.05 Å². The van der Waals surface area contributed by atoms with Gasteiger partial charge < -0.3 is 30.2 Å². The molecule has 0 saturated heterocycles. The van der Waals surface area contributed by atoms with Crippen molar-refractivity contribution >= 4 is 39.8 Å². The number of carbonyl (C=O) groups excluding carboxylic acids is 1. The number of halogens is 4. The fourth-order valence-corrected chi connectivity index (χ4v) is 4.47. The number of likely N-dealkylation sites (N-methyl/N-ethyl adjacent to an activating group) is 2. The highest BCUT2D eigenvalue weighted by atomic mass is 19.4. The van der Waals surface area contributed by atoms with Crippen LogP contribution in [0.2, 0.25) is 0 Å². The molecular weight excluding hydrogens is 554 g/mol. The number of rotatable bonds is 11. The minimum absolute atomic E-state index is 0.0928. The van der Waals surface area contributed by atoms with Gasteiger partial charge >= 0.3 is 6.18 Å². The summed E-state index contributed by atoms with van der Waals surface area (Å²) in [6, 6.07) is 7.20. The number of benzene rings is 2. The molecule has 1 amide bonds. The Bertz CT molecular complexity index is 1620. The molecule has 3 N–H and O–H groups in total. The Hall–Kier alpha value is -4.65.